The lowest BCUT2D eigenvalue weighted by Gasteiger charge is -2.08. The molecule has 3 rings (SSSR count). The fourth-order valence-corrected chi connectivity index (χ4v) is 3.67. The maximum Gasteiger partial charge on any atom is 0.216 e. The topological polar surface area (TPSA) is 72.5 Å². The minimum absolute atomic E-state index is 0.718. The highest BCUT2D eigenvalue weighted by Gasteiger charge is 2.13. The average Bonchev–Trinajstić information content (AvgIpc) is 2.68. The highest BCUT2D eigenvalue weighted by Crippen LogP contribution is 2.22. The Kier molecular flexibility index (Phi) is 6.79. The van der Waals surface area contributed by atoms with E-state index in [2.05, 4.69) is 9.88 Å². The summed E-state index contributed by atoms with van der Waals surface area (Å²) >= 11 is 12.3. The summed E-state index contributed by atoms with van der Waals surface area (Å²) in [7, 11) is 0. The SMILES string of the molecule is C/C=C(/N)c1ccc(Cl)cc1[NH2+]CCCC[n+]1ccc(N)c2ccc(Cl)cc21. The number of rotatable bonds is 7. The number of fused-ring (bicyclic) bond motifs is 1. The van der Waals surface area contributed by atoms with E-state index < -0.39 is 0 Å². The molecule has 0 aliphatic rings. The number of pyridine rings is 1. The Morgan fingerprint density at radius 2 is 1.82 bits per heavy atom. The number of hydrogen-bond acceptors (Lipinski definition) is 2. The smallest absolute Gasteiger partial charge is 0.216 e. The number of quaternary nitrogens is 1. The first-order chi connectivity index (χ1) is 13.5. The third-order valence-electron chi connectivity index (χ3n) is 4.87. The van der Waals surface area contributed by atoms with E-state index in [-0.39, 0.29) is 0 Å². The van der Waals surface area contributed by atoms with Crippen LogP contribution in [0.25, 0.3) is 16.6 Å². The highest BCUT2D eigenvalue weighted by molar-refractivity contribution is 6.31. The Morgan fingerprint density at radius 1 is 1.07 bits per heavy atom. The number of unbranched alkanes of at least 4 members (excludes halogenated alkanes) is 1. The van der Waals surface area contributed by atoms with Gasteiger partial charge in [0.15, 0.2) is 6.20 Å². The predicted molar refractivity (Wildman–Crippen MR) is 119 cm³/mol. The van der Waals surface area contributed by atoms with Gasteiger partial charge in [0.2, 0.25) is 5.52 Å². The van der Waals surface area contributed by atoms with Crippen molar-refractivity contribution in [1.29, 1.82) is 0 Å². The first kappa shape index (κ1) is 20.5. The number of halogens is 2. The van der Waals surface area contributed by atoms with Gasteiger partial charge in [-0.15, -0.1) is 0 Å². The van der Waals surface area contributed by atoms with Crippen LogP contribution >= 0.6 is 23.2 Å². The van der Waals surface area contributed by atoms with E-state index in [0.29, 0.717) is 0 Å². The van der Waals surface area contributed by atoms with Crippen molar-refractivity contribution < 1.29 is 9.88 Å². The van der Waals surface area contributed by atoms with Crippen LogP contribution < -0.4 is 21.4 Å². The van der Waals surface area contributed by atoms with E-state index in [0.717, 1.165) is 69.5 Å². The number of aromatic nitrogens is 1. The maximum atomic E-state index is 6.17. The van der Waals surface area contributed by atoms with Crippen LogP contribution in [0.1, 0.15) is 25.3 Å². The van der Waals surface area contributed by atoms with Crippen molar-refractivity contribution in [3.8, 4) is 0 Å². The molecule has 3 aromatic rings. The molecule has 4 nitrogen and oxygen atoms in total. The van der Waals surface area contributed by atoms with E-state index in [1.54, 1.807) is 0 Å². The Balaban J connectivity index is 1.62. The minimum Gasteiger partial charge on any atom is -0.398 e. The fourth-order valence-electron chi connectivity index (χ4n) is 3.33. The fraction of sp³-hybridized carbons (Fsp3) is 0.227. The quantitative estimate of drug-likeness (QED) is 0.309. The molecule has 0 aliphatic heterocycles. The third-order valence-corrected chi connectivity index (χ3v) is 5.34. The van der Waals surface area contributed by atoms with E-state index >= 15 is 0 Å². The third kappa shape index (κ3) is 4.76. The summed E-state index contributed by atoms with van der Waals surface area (Å²) in [4.78, 5) is 0. The summed E-state index contributed by atoms with van der Waals surface area (Å²) in [6.07, 6.45) is 6.04. The zero-order valence-corrected chi connectivity index (χ0v) is 17.5. The van der Waals surface area contributed by atoms with Crippen LogP contribution in [0.2, 0.25) is 10.0 Å². The van der Waals surface area contributed by atoms with Crippen LogP contribution in [-0.4, -0.2) is 6.54 Å². The zero-order valence-electron chi connectivity index (χ0n) is 16.0. The molecule has 0 fully saturated rings. The van der Waals surface area contributed by atoms with Gasteiger partial charge in [0, 0.05) is 46.8 Å². The molecule has 1 aromatic heterocycles. The van der Waals surface area contributed by atoms with Gasteiger partial charge in [-0.05, 0) is 31.2 Å². The van der Waals surface area contributed by atoms with Crippen LogP contribution in [0.4, 0.5) is 11.4 Å². The Labute approximate surface area is 175 Å². The Bertz CT molecular complexity index is 1010. The van der Waals surface area contributed by atoms with Gasteiger partial charge >= 0.3 is 0 Å². The molecule has 0 amide bonds. The van der Waals surface area contributed by atoms with Crippen molar-refractivity contribution >= 4 is 51.2 Å². The molecular formula is C22H26Cl2N4+2. The molecule has 0 bridgehead atoms. The maximum absolute atomic E-state index is 6.17. The number of hydrogen-bond donors (Lipinski definition) is 3. The molecule has 0 unspecified atom stereocenters. The molecule has 146 valence electrons. The van der Waals surface area contributed by atoms with Crippen LogP contribution in [-0.2, 0) is 6.54 Å². The molecule has 6 heteroatoms. The summed E-state index contributed by atoms with van der Waals surface area (Å²) in [5.41, 5.74) is 16.9. The van der Waals surface area contributed by atoms with Gasteiger partial charge in [-0.1, -0.05) is 29.3 Å². The Hall–Kier alpha value is -2.27. The van der Waals surface area contributed by atoms with Crippen molar-refractivity contribution in [3.63, 3.8) is 0 Å². The van der Waals surface area contributed by atoms with Gasteiger partial charge in [0.25, 0.3) is 0 Å². The summed E-state index contributed by atoms with van der Waals surface area (Å²) < 4.78 is 2.21. The molecule has 28 heavy (non-hydrogen) atoms. The molecule has 1 heterocycles. The van der Waals surface area contributed by atoms with Crippen molar-refractivity contribution in [2.75, 3.05) is 12.3 Å². The van der Waals surface area contributed by atoms with Crippen LogP contribution in [0, 0.1) is 0 Å². The first-order valence-electron chi connectivity index (χ1n) is 9.41. The zero-order chi connectivity index (χ0) is 20.1. The van der Waals surface area contributed by atoms with Gasteiger partial charge in [0.1, 0.15) is 12.2 Å². The number of nitrogens with zero attached hydrogens (tertiary/aromatic N) is 1. The second kappa shape index (κ2) is 9.28. The van der Waals surface area contributed by atoms with Gasteiger partial charge in [0.05, 0.1) is 23.2 Å². The molecular weight excluding hydrogens is 391 g/mol. The number of nitrogen functional groups attached to an aromatic ring is 1. The van der Waals surface area contributed by atoms with E-state index in [4.69, 9.17) is 34.7 Å². The molecule has 6 N–H and O–H groups in total. The normalized spacial score (nSPS) is 11.9. The monoisotopic (exact) mass is 416 g/mol. The number of aryl methyl sites for hydroxylation is 1. The molecule has 0 radical (unpaired) electrons. The largest absolute Gasteiger partial charge is 0.398 e. The van der Waals surface area contributed by atoms with Gasteiger partial charge in [-0.3, -0.25) is 0 Å². The average molecular weight is 417 g/mol. The van der Waals surface area contributed by atoms with Crippen LogP contribution in [0.15, 0.2) is 54.7 Å². The Morgan fingerprint density at radius 3 is 2.61 bits per heavy atom. The van der Waals surface area contributed by atoms with Crippen LogP contribution in [0.3, 0.4) is 0 Å². The number of nitrogens with two attached hydrogens (primary N) is 3. The lowest BCUT2D eigenvalue weighted by Crippen LogP contribution is -2.78. The number of allylic oxidation sites excluding steroid dienone is 1. The first-order valence-corrected chi connectivity index (χ1v) is 10.2. The molecule has 0 atom stereocenters. The van der Waals surface area contributed by atoms with Crippen molar-refractivity contribution in [3.05, 3.63) is 70.3 Å². The van der Waals surface area contributed by atoms with Crippen molar-refractivity contribution in [2.24, 2.45) is 5.73 Å². The van der Waals surface area contributed by atoms with Crippen molar-refractivity contribution in [2.45, 2.75) is 26.3 Å². The van der Waals surface area contributed by atoms with Crippen LogP contribution in [0.5, 0.6) is 0 Å². The van der Waals surface area contributed by atoms with Crippen molar-refractivity contribution in [1.82, 2.24) is 0 Å². The summed E-state index contributed by atoms with van der Waals surface area (Å²) in [5.74, 6) is 0. The number of benzene rings is 2. The van der Waals surface area contributed by atoms with E-state index in [1.807, 2.05) is 61.7 Å². The second-order valence-corrected chi connectivity index (χ2v) is 7.67. The lowest BCUT2D eigenvalue weighted by molar-refractivity contribution is -0.672. The highest BCUT2D eigenvalue weighted by atomic mass is 35.5. The lowest BCUT2D eigenvalue weighted by atomic mass is 10.1. The van der Waals surface area contributed by atoms with E-state index in [1.165, 1.54) is 0 Å². The standard InChI is InChI=1S/C22H24Cl2N4/c1-2-19(25)17-7-5-15(23)13-21(17)27-10-3-4-11-28-12-9-20(26)18-8-6-16(24)14-22(18)28/h2,5-9,12-14,26-27H,3-4,10-11,25H2,1H3/p+2/b19-2+. The van der Waals surface area contributed by atoms with Gasteiger partial charge < -0.3 is 16.8 Å². The molecule has 0 saturated heterocycles. The second-order valence-electron chi connectivity index (χ2n) is 6.80. The van der Waals surface area contributed by atoms with E-state index in [9.17, 15) is 0 Å². The summed E-state index contributed by atoms with van der Waals surface area (Å²) in [6, 6.07) is 13.6. The van der Waals surface area contributed by atoms with Gasteiger partial charge in [-0.2, -0.15) is 4.57 Å². The number of anilines is 1. The molecule has 0 saturated carbocycles. The predicted octanol–water partition coefficient (Wildman–Crippen LogP) is 4.01. The summed E-state index contributed by atoms with van der Waals surface area (Å²) in [5, 5.41) is 4.68. The molecule has 2 aromatic carbocycles. The summed E-state index contributed by atoms with van der Waals surface area (Å²) in [6.45, 7) is 3.80. The van der Waals surface area contributed by atoms with Gasteiger partial charge in [-0.25, -0.2) is 0 Å². The minimum atomic E-state index is 0.718. The molecule has 0 aliphatic carbocycles. The molecule has 0 spiro atoms.